The summed E-state index contributed by atoms with van der Waals surface area (Å²) in [6.45, 7) is 0. The molecule has 1 fully saturated rings. The Labute approximate surface area is 112 Å². The van der Waals surface area contributed by atoms with Crippen molar-refractivity contribution in [3.8, 4) is 0 Å². The highest BCUT2D eigenvalue weighted by Gasteiger charge is 2.42. The fourth-order valence-electron chi connectivity index (χ4n) is 2.04. The third-order valence-corrected chi connectivity index (χ3v) is 4.46. The molecule has 0 aliphatic heterocycles. The lowest BCUT2D eigenvalue weighted by Crippen LogP contribution is -2.45. The van der Waals surface area contributed by atoms with Gasteiger partial charge in [0, 0.05) is 12.3 Å². The van der Waals surface area contributed by atoms with Gasteiger partial charge in [-0.15, -0.1) is 0 Å². The number of aromatic nitrogens is 3. The smallest absolute Gasteiger partial charge is 0.339 e. The molecule has 104 valence electrons. The van der Waals surface area contributed by atoms with Crippen LogP contribution in [0.25, 0.3) is 0 Å². The minimum atomic E-state index is -1.21. The summed E-state index contributed by atoms with van der Waals surface area (Å²) in [5.41, 5.74) is 2.94. The second kappa shape index (κ2) is 4.82. The van der Waals surface area contributed by atoms with E-state index in [4.69, 9.17) is 10.8 Å². The zero-order valence-corrected chi connectivity index (χ0v) is 11.1. The van der Waals surface area contributed by atoms with Crippen LogP contribution in [-0.2, 0) is 11.8 Å². The molecule has 1 aliphatic carbocycles. The minimum Gasteiger partial charge on any atom is -0.480 e. The molecule has 1 aromatic heterocycles. The van der Waals surface area contributed by atoms with Gasteiger partial charge in [-0.25, -0.2) is 0 Å². The van der Waals surface area contributed by atoms with E-state index < -0.39 is 22.6 Å². The summed E-state index contributed by atoms with van der Waals surface area (Å²) in [6, 6.07) is 0. The number of carboxylic acid groups (broad SMARTS) is 1. The van der Waals surface area contributed by atoms with E-state index in [9.17, 15) is 14.4 Å². The van der Waals surface area contributed by atoms with E-state index in [1.54, 1.807) is 7.05 Å². The second-order valence-electron chi connectivity index (χ2n) is 4.64. The molecule has 0 saturated heterocycles. The first kappa shape index (κ1) is 13.8. The van der Waals surface area contributed by atoms with Gasteiger partial charge < -0.3 is 10.8 Å². The number of aliphatic carboxylic acids is 1. The Morgan fingerprint density at radius 3 is 2.89 bits per heavy atom. The predicted molar refractivity (Wildman–Crippen MR) is 68.1 cm³/mol. The molecule has 4 N–H and O–H groups in total. The van der Waals surface area contributed by atoms with E-state index >= 15 is 0 Å². The Morgan fingerprint density at radius 2 is 2.32 bits per heavy atom. The first-order valence-corrected chi connectivity index (χ1v) is 6.56. The van der Waals surface area contributed by atoms with Crippen LogP contribution in [0, 0.1) is 0 Å². The van der Waals surface area contributed by atoms with Crippen molar-refractivity contribution in [2.24, 2.45) is 12.8 Å². The van der Waals surface area contributed by atoms with Crippen LogP contribution in [0.4, 0.5) is 0 Å². The number of H-pyrrole nitrogens is 1. The fraction of sp³-hybridized carbons (Fsp3) is 0.600. The van der Waals surface area contributed by atoms with Gasteiger partial charge >= 0.3 is 17.1 Å². The molecule has 0 spiro atoms. The SMILES string of the molecule is Cn1[nH]c(=O)c(=O)nc1SC1CCC(N)(C(=O)O)C1. The molecule has 8 nitrogen and oxygen atoms in total. The molecule has 2 atom stereocenters. The van der Waals surface area contributed by atoms with E-state index in [0.717, 1.165) is 0 Å². The minimum absolute atomic E-state index is 0.0369. The zero-order chi connectivity index (χ0) is 14.2. The van der Waals surface area contributed by atoms with Crippen LogP contribution in [0.1, 0.15) is 19.3 Å². The lowest BCUT2D eigenvalue weighted by molar-refractivity contribution is -0.143. The summed E-state index contributed by atoms with van der Waals surface area (Å²) >= 11 is 1.26. The summed E-state index contributed by atoms with van der Waals surface area (Å²) in [5.74, 6) is -1.01. The molecule has 0 bridgehead atoms. The van der Waals surface area contributed by atoms with E-state index in [1.807, 2.05) is 0 Å². The Balaban J connectivity index is 2.16. The van der Waals surface area contributed by atoms with Gasteiger partial charge in [-0.2, -0.15) is 4.98 Å². The van der Waals surface area contributed by atoms with Crippen LogP contribution in [0.5, 0.6) is 0 Å². The molecule has 1 aromatic rings. The Hall–Kier alpha value is -1.61. The van der Waals surface area contributed by atoms with Crippen LogP contribution in [-0.4, -0.2) is 36.6 Å². The molecule has 1 heterocycles. The van der Waals surface area contributed by atoms with Crippen LogP contribution in [0.2, 0.25) is 0 Å². The molecule has 2 unspecified atom stereocenters. The van der Waals surface area contributed by atoms with E-state index in [2.05, 4.69) is 10.1 Å². The number of rotatable bonds is 3. The second-order valence-corrected chi connectivity index (χ2v) is 5.91. The molecule has 2 rings (SSSR count). The largest absolute Gasteiger partial charge is 0.480 e. The number of aromatic amines is 1. The maximum atomic E-state index is 11.2. The van der Waals surface area contributed by atoms with Gasteiger partial charge in [0.25, 0.3) is 0 Å². The molecule has 0 aromatic carbocycles. The average molecular weight is 286 g/mol. The van der Waals surface area contributed by atoms with Gasteiger partial charge in [0.1, 0.15) is 5.54 Å². The molecule has 0 radical (unpaired) electrons. The van der Waals surface area contributed by atoms with Gasteiger partial charge in [-0.05, 0) is 19.3 Å². The standard InChI is InChI=1S/C10H14N4O4S/c1-14-9(12-6(15)7(16)13-14)19-5-2-3-10(11,4-5)8(17)18/h5H,2-4,11H2,1H3,(H,13,16)(H,17,18). The average Bonchev–Trinajstić information content (AvgIpc) is 2.69. The highest BCUT2D eigenvalue weighted by Crippen LogP contribution is 2.37. The lowest BCUT2D eigenvalue weighted by atomic mass is 10.0. The number of nitrogens with one attached hydrogen (secondary N) is 1. The number of carbonyl (C=O) groups is 1. The monoisotopic (exact) mass is 286 g/mol. The van der Waals surface area contributed by atoms with Crippen molar-refractivity contribution in [2.45, 2.75) is 35.2 Å². The maximum absolute atomic E-state index is 11.2. The number of nitrogens with zero attached hydrogens (tertiary/aromatic N) is 2. The Kier molecular flexibility index (Phi) is 3.50. The van der Waals surface area contributed by atoms with Crippen molar-refractivity contribution in [2.75, 3.05) is 0 Å². The third-order valence-electron chi connectivity index (χ3n) is 3.15. The van der Waals surface area contributed by atoms with Gasteiger partial charge in [-0.1, -0.05) is 11.8 Å². The quantitative estimate of drug-likeness (QED) is 0.601. The van der Waals surface area contributed by atoms with Crippen molar-refractivity contribution in [3.05, 3.63) is 20.7 Å². The summed E-state index contributed by atoms with van der Waals surface area (Å²) in [4.78, 5) is 37.0. The van der Waals surface area contributed by atoms with Gasteiger partial charge in [0.05, 0.1) is 0 Å². The van der Waals surface area contributed by atoms with Crippen molar-refractivity contribution in [3.63, 3.8) is 0 Å². The number of thioether (sulfide) groups is 1. The van der Waals surface area contributed by atoms with Crippen molar-refractivity contribution >= 4 is 17.7 Å². The molecule has 19 heavy (non-hydrogen) atoms. The number of hydrogen-bond acceptors (Lipinski definition) is 6. The normalized spacial score (nSPS) is 26.5. The molecule has 1 aliphatic rings. The van der Waals surface area contributed by atoms with Crippen LogP contribution < -0.4 is 16.9 Å². The molecule has 0 amide bonds. The van der Waals surface area contributed by atoms with Gasteiger partial charge in [0.2, 0.25) is 0 Å². The molecule has 9 heteroatoms. The number of carboxylic acids is 1. The number of hydrogen-bond donors (Lipinski definition) is 3. The maximum Gasteiger partial charge on any atom is 0.339 e. The molecular weight excluding hydrogens is 272 g/mol. The fourth-order valence-corrected chi connectivity index (χ4v) is 3.29. The van der Waals surface area contributed by atoms with Gasteiger partial charge in [-0.3, -0.25) is 24.2 Å². The highest BCUT2D eigenvalue weighted by molar-refractivity contribution is 7.99. The Bertz CT molecular complexity index is 625. The summed E-state index contributed by atoms with van der Waals surface area (Å²) in [5, 5.41) is 11.7. The van der Waals surface area contributed by atoms with E-state index in [1.165, 1.54) is 16.4 Å². The highest BCUT2D eigenvalue weighted by atomic mass is 32.2. The first-order valence-electron chi connectivity index (χ1n) is 5.68. The van der Waals surface area contributed by atoms with Gasteiger partial charge in [0.15, 0.2) is 5.16 Å². The number of aryl methyl sites for hydroxylation is 1. The van der Waals surface area contributed by atoms with E-state index in [0.29, 0.717) is 24.4 Å². The molecule has 1 saturated carbocycles. The predicted octanol–water partition coefficient (Wildman–Crippen LogP) is -1.10. The Morgan fingerprint density at radius 1 is 1.63 bits per heavy atom. The van der Waals surface area contributed by atoms with Crippen LogP contribution >= 0.6 is 11.8 Å². The van der Waals surface area contributed by atoms with Crippen molar-refractivity contribution in [1.82, 2.24) is 14.8 Å². The third kappa shape index (κ3) is 2.71. The van der Waals surface area contributed by atoms with E-state index in [-0.39, 0.29) is 5.25 Å². The first-order chi connectivity index (χ1) is 8.82. The summed E-state index contributed by atoms with van der Waals surface area (Å²) in [6.07, 6.45) is 1.32. The zero-order valence-electron chi connectivity index (χ0n) is 10.3. The number of nitrogens with two attached hydrogens (primary N) is 1. The topological polar surface area (TPSA) is 131 Å². The molecular formula is C10H14N4O4S. The summed E-state index contributed by atoms with van der Waals surface area (Å²) in [7, 11) is 1.57. The summed E-state index contributed by atoms with van der Waals surface area (Å²) < 4.78 is 1.35. The lowest BCUT2D eigenvalue weighted by Gasteiger charge is -2.18. The van der Waals surface area contributed by atoms with Crippen molar-refractivity contribution in [1.29, 1.82) is 0 Å². The van der Waals surface area contributed by atoms with Crippen LogP contribution in [0.15, 0.2) is 14.7 Å². The van der Waals surface area contributed by atoms with Crippen LogP contribution in [0.3, 0.4) is 0 Å². The van der Waals surface area contributed by atoms with Crippen molar-refractivity contribution < 1.29 is 9.90 Å².